The molecule has 0 atom stereocenters. The van der Waals surface area contributed by atoms with Crippen LogP contribution in [-0.2, 0) is 0 Å². The topological polar surface area (TPSA) is 38.9 Å². The highest BCUT2D eigenvalue weighted by atomic mass is 35.5. The molecule has 2 aromatic rings. The molecule has 2 rings (SSSR count). The molecule has 0 aliphatic heterocycles. The summed E-state index contributed by atoms with van der Waals surface area (Å²) in [5, 5.41) is 1.47. The number of rotatable bonds is 2. The van der Waals surface area contributed by atoms with Crippen LogP contribution in [0.15, 0.2) is 28.6 Å². The molecule has 0 saturated carbocycles. The smallest absolute Gasteiger partial charge is 0.152 e. The van der Waals surface area contributed by atoms with Gasteiger partial charge in [-0.1, -0.05) is 46.8 Å². The van der Waals surface area contributed by atoms with Crippen LogP contribution in [-0.4, -0.2) is 11.2 Å². The fourth-order valence-corrected chi connectivity index (χ4v) is 2.71. The minimum atomic E-state index is 0.720. The van der Waals surface area contributed by atoms with Crippen LogP contribution in [0.4, 0.5) is 5.00 Å². The van der Waals surface area contributed by atoms with Crippen LogP contribution in [0, 0.1) is 0 Å². The van der Waals surface area contributed by atoms with E-state index in [9.17, 15) is 0 Å². The van der Waals surface area contributed by atoms with E-state index in [1.54, 1.807) is 11.8 Å². The molecule has 0 radical (unpaired) electrons. The number of thiazole rings is 1. The number of aromatic nitrogens is 1. The van der Waals surface area contributed by atoms with E-state index in [0.29, 0.717) is 0 Å². The third-order valence-corrected chi connectivity index (χ3v) is 4.05. The molecule has 0 fully saturated rings. The zero-order chi connectivity index (χ0) is 10.8. The van der Waals surface area contributed by atoms with Gasteiger partial charge in [-0.3, -0.25) is 0 Å². The highest BCUT2D eigenvalue weighted by Gasteiger charge is 2.09. The van der Waals surface area contributed by atoms with Crippen LogP contribution >= 0.6 is 34.7 Å². The Bertz CT molecular complexity index is 465. The van der Waals surface area contributed by atoms with Gasteiger partial charge in [-0.15, -0.1) is 0 Å². The average Bonchev–Trinajstić information content (AvgIpc) is 2.61. The molecule has 78 valence electrons. The predicted molar refractivity (Wildman–Crippen MR) is 68.8 cm³/mol. The molecule has 0 bridgehead atoms. The van der Waals surface area contributed by atoms with Crippen molar-refractivity contribution in [3.63, 3.8) is 0 Å². The monoisotopic (exact) mass is 256 g/mol. The molecule has 2 nitrogen and oxygen atoms in total. The Labute approximate surface area is 101 Å². The molecule has 0 unspecified atom stereocenters. The van der Waals surface area contributed by atoms with E-state index in [1.807, 2.05) is 30.5 Å². The Hall–Kier alpha value is -0.710. The number of benzene rings is 1. The van der Waals surface area contributed by atoms with Crippen molar-refractivity contribution in [1.82, 2.24) is 4.98 Å². The highest BCUT2D eigenvalue weighted by Crippen LogP contribution is 2.34. The third-order valence-electron chi connectivity index (χ3n) is 1.93. The molecule has 0 saturated heterocycles. The normalized spacial score (nSPS) is 10.5. The number of hydrogen-bond acceptors (Lipinski definition) is 4. The van der Waals surface area contributed by atoms with Crippen molar-refractivity contribution < 1.29 is 0 Å². The van der Waals surface area contributed by atoms with E-state index in [4.69, 9.17) is 17.3 Å². The molecule has 0 aliphatic carbocycles. The number of thioether (sulfide) groups is 1. The van der Waals surface area contributed by atoms with Gasteiger partial charge >= 0.3 is 0 Å². The number of hydrogen-bond donors (Lipinski definition) is 1. The summed E-state index contributed by atoms with van der Waals surface area (Å²) in [6, 6.07) is 7.54. The van der Waals surface area contributed by atoms with Crippen molar-refractivity contribution in [1.29, 1.82) is 0 Å². The lowest BCUT2D eigenvalue weighted by Crippen LogP contribution is -1.85. The van der Waals surface area contributed by atoms with Crippen LogP contribution in [0.25, 0.3) is 11.3 Å². The van der Waals surface area contributed by atoms with E-state index in [-0.39, 0.29) is 0 Å². The average molecular weight is 257 g/mol. The van der Waals surface area contributed by atoms with E-state index in [0.717, 1.165) is 25.6 Å². The minimum Gasteiger partial charge on any atom is -0.389 e. The van der Waals surface area contributed by atoms with Crippen LogP contribution < -0.4 is 5.73 Å². The number of nitrogens with two attached hydrogens (primary N) is 1. The molecule has 0 spiro atoms. The second-order valence-electron chi connectivity index (χ2n) is 2.90. The van der Waals surface area contributed by atoms with E-state index in [2.05, 4.69) is 4.98 Å². The lowest BCUT2D eigenvalue weighted by molar-refractivity contribution is 1.26. The molecular formula is C10H9ClN2S2. The van der Waals surface area contributed by atoms with Gasteiger partial charge in [0.1, 0.15) is 10.7 Å². The van der Waals surface area contributed by atoms with Crippen LogP contribution in [0.3, 0.4) is 0 Å². The van der Waals surface area contributed by atoms with Gasteiger partial charge in [0.2, 0.25) is 0 Å². The molecule has 0 aliphatic rings. The Balaban J connectivity index is 2.44. The first-order valence-electron chi connectivity index (χ1n) is 4.27. The van der Waals surface area contributed by atoms with Crippen LogP contribution in [0.5, 0.6) is 0 Å². The van der Waals surface area contributed by atoms with Gasteiger partial charge in [0.05, 0.1) is 0 Å². The van der Waals surface area contributed by atoms with Gasteiger partial charge in [0, 0.05) is 10.6 Å². The summed E-state index contributed by atoms with van der Waals surface area (Å²) < 4.78 is 0.984. The van der Waals surface area contributed by atoms with Crippen molar-refractivity contribution in [3.8, 4) is 11.3 Å². The fraction of sp³-hybridized carbons (Fsp3) is 0.100. The van der Waals surface area contributed by atoms with Gasteiger partial charge in [-0.05, 0) is 18.4 Å². The molecular weight excluding hydrogens is 248 g/mol. The molecule has 1 aromatic carbocycles. The Morgan fingerprint density at radius 3 is 2.53 bits per heavy atom. The molecule has 15 heavy (non-hydrogen) atoms. The molecule has 5 heteroatoms. The summed E-state index contributed by atoms with van der Waals surface area (Å²) >= 11 is 8.93. The van der Waals surface area contributed by atoms with Gasteiger partial charge in [-0.25, -0.2) is 4.98 Å². The zero-order valence-corrected chi connectivity index (χ0v) is 10.4. The summed E-state index contributed by atoms with van der Waals surface area (Å²) in [5.74, 6) is 0. The maximum absolute atomic E-state index is 5.90. The van der Waals surface area contributed by atoms with Crippen molar-refractivity contribution in [2.45, 2.75) is 4.34 Å². The first kappa shape index (κ1) is 10.8. The Morgan fingerprint density at radius 1 is 1.33 bits per heavy atom. The Kier molecular flexibility index (Phi) is 3.19. The molecule has 0 amide bonds. The zero-order valence-electron chi connectivity index (χ0n) is 8.03. The molecule has 1 aromatic heterocycles. The first-order valence-corrected chi connectivity index (χ1v) is 6.69. The Morgan fingerprint density at radius 2 is 2.00 bits per heavy atom. The fourth-order valence-electron chi connectivity index (χ4n) is 1.21. The third kappa shape index (κ3) is 2.27. The summed E-state index contributed by atoms with van der Waals surface area (Å²) in [4.78, 5) is 4.44. The lowest BCUT2D eigenvalue weighted by Gasteiger charge is -1.97. The first-order chi connectivity index (χ1) is 7.20. The summed E-state index contributed by atoms with van der Waals surface area (Å²) in [6.45, 7) is 0. The van der Waals surface area contributed by atoms with E-state index < -0.39 is 0 Å². The van der Waals surface area contributed by atoms with E-state index >= 15 is 0 Å². The SMILES string of the molecule is CSc1nc(-c2ccc(Cl)cc2)c(N)s1. The quantitative estimate of drug-likeness (QED) is 0.832. The summed E-state index contributed by atoms with van der Waals surface area (Å²) in [6.07, 6.45) is 1.99. The number of nitrogens with zero attached hydrogens (tertiary/aromatic N) is 1. The standard InChI is InChI=1S/C10H9ClN2S2/c1-14-10-13-8(9(12)15-10)6-2-4-7(11)5-3-6/h2-5H,12H2,1H3. The van der Waals surface area contributed by atoms with Gasteiger partial charge in [0.25, 0.3) is 0 Å². The lowest BCUT2D eigenvalue weighted by atomic mass is 10.2. The molecule has 1 heterocycles. The van der Waals surface area contributed by atoms with Crippen molar-refractivity contribution in [3.05, 3.63) is 29.3 Å². The van der Waals surface area contributed by atoms with Crippen LogP contribution in [0.1, 0.15) is 0 Å². The number of nitrogen functional groups attached to an aromatic ring is 1. The van der Waals surface area contributed by atoms with Crippen molar-refractivity contribution in [2.75, 3.05) is 12.0 Å². The van der Waals surface area contributed by atoms with Gasteiger partial charge in [-0.2, -0.15) is 0 Å². The second-order valence-corrected chi connectivity index (χ2v) is 5.42. The summed E-state index contributed by atoms with van der Waals surface area (Å²) in [5.41, 5.74) is 7.75. The molecule has 2 N–H and O–H groups in total. The summed E-state index contributed by atoms with van der Waals surface area (Å²) in [7, 11) is 0. The maximum Gasteiger partial charge on any atom is 0.152 e. The number of halogens is 1. The van der Waals surface area contributed by atoms with Crippen molar-refractivity contribution in [2.24, 2.45) is 0 Å². The predicted octanol–water partition coefficient (Wildman–Crippen LogP) is 3.77. The second kappa shape index (κ2) is 4.43. The highest BCUT2D eigenvalue weighted by molar-refractivity contribution is 8.00. The van der Waals surface area contributed by atoms with E-state index in [1.165, 1.54) is 11.3 Å². The number of anilines is 1. The van der Waals surface area contributed by atoms with Crippen LogP contribution in [0.2, 0.25) is 5.02 Å². The van der Waals surface area contributed by atoms with Crippen molar-refractivity contribution >= 4 is 39.7 Å². The largest absolute Gasteiger partial charge is 0.389 e. The van der Waals surface area contributed by atoms with Gasteiger partial charge < -0.3 is 5.73 Å². The maximum atomic E-state index is 5.90. The minimum absolute atomic E-state index is 0.720. The van der Waals surface area contributed by atoms with Gasteiger partial charge in [0.15, 0.2) is 4.34 Å².